The summed E-state index contributed by atoms with van der Waals surface area (Å²) < 4.78 is 11.1. The molecule has 0 amide bonds. The molecule has 0 atom stereocenters. The Labute approximate surface area is 113 Å². The maximum absolute atomic E-state index is 5.64. The van der Waals surface area contributed by atoms with Gasteiger partial charge >= 0.3 is 0 Å². The number of ether oxygens (including phenoxy) is 2. The minimum atomic E-state index is 0.596. The Morgan fingerprint density at radius 1 is 1.00 bits per heavy atom. The predicted octanol–water partition coefficient (Wildman–Crippen LogP) is 3.13. The standard InChI is InChI=1S/C15H18N2O2/c1-3-18-14-8-5-11(9-15(14)19-4-2)13-7-6-12(16)10-17-13/h5-10H,3-4,16H2,1-2H3. The molecular weight excluding hydrogens is 240 g/mol. The van der Waals surface area contributed by atoms with E-state index in [1.165, 1.54) is 0 Å². The molecule has 1 aromatic carbocycles. The predicted molar refractivity (Wildman–Crippen MR) is 76.4 cm³/mol. The lowest BCUT2D eigenvalue weighted by molar-refractivity contribution is 0.288. The molecule has 0 radical (unpaired) electrons. The third kappa shape index (κ3) is 3.16. The van der Waals surface area contributed by atoms with Gasteiger partial charge in [-0.25, -0.2) is 0 Å². The van der Waals surface area contributed by atoms with Gasteiger partial charge in [0.05, 0.1) is 30.8 Å². The zero-order valence-corrected chi connectivity index (χ0v) is 11.2. The Kier molecular flexibility index (Phi) is 4.23. The first kappa shape index (κ1) is 13.2. The van der Waals surface area contributed by atoms with E-state index >= 15 is 0 Å². The van der Waals surface area contributed by atoms with Gasteiger partial charge < -0.3 is 15.2 Å². The number of benzene rings is 1. The van der Waals surface area contributed by atoms with Gasteiger partial charge in [0.15, 0.2) is 11.5 Å². The van der Waals surface area contributed by atoms with Crippen LogP contribution in [-0.2, 0) is 0 Å². The van der Waals surface area contributed by atoms with E-state index in [1.54, 1.807) is 6.20 Å². The summed E-state index contributed by atoms with van der Waals surface area (Å²) in [5, 5.41) is 0. The number of nitrogens with two attached hydrogens (primary N) is 1. The van der Waals surface area contributed by atoms with Crippen molar-refractivity contribution in [1.29, 1.82) is 0 Å². The van der Waals surface area contributed by atoms with Crippen LogP contribution in [0.1, 0.15) is 13.8 Å². The van der Waals surface area contributed by atoms with Gasteiger partial charge in [-0.05, 0) is 44.2 Å². The van der Waals surface area contributed by atoms with Crippen LogP contribution in [0.2, 0.25) is 0 Å². The highest BCUT2D eigenvalue weighted by Crippen LogP contribution is 2.32. The topological polar surface area (TPSA) is 57.4 Å². The van der Waals surface area contributed by atoms with Crippen molar-refractivity contribution in [3.63, 3.8) is 0 Å². The van der Waals surface area contributed by atoms with Crippen LogP contribution in [0.4, 0.5) is 5.69 Å². The van der Waals surface area contributed by atoms with Crippen molar-refractivity contribution < 1.29 is 9.47 Å². The second-order valence-corrected chi connectivity index (χ2v) is 4.00. The third-order valence-electron chi connectivity index (χ3n) is 2.63. The van der Waals surface area contributed by atoms with E-state index in [0.29, 0.717) is 18.9 Å². The van der Waals surface area contributed by atoms with E-state index in [0.717, 1.165) is 22.8 Å². The van der Waals surface area contributed by atoms with E-state index in [1.807, 2.05) is 44.2 Å². The summed E-state index contributed by atoms with van der Waals surface area (Å²) in [6.45, 7) is 5.10. The molecule has 0 saturated heterocycles. The van der Waals surface area contributed by atoms with Crippen molar-refractivity contribution >= 4 is 5.69 Å². The van der Waals surface area contributed by atoms with Gasteiger partial charge in [-0.2, -0.15) is 0 Å². The molecule has 4 heteroatoms. The summed E-state index contributed by atoms with van der Waals surface area (Å²) in [6, 6.07) is 9.53. The van der Waals surface area contributed by atoms with E-state index in [4.69, 9.17) is 15.2 Å². The third-order valence-corrected chi connectivity index (χ3v) is 2.63. The van der Waals surface area contributed by atoms with Crippen LogP contribution in [0.3, 0.4) is 0 Å². The molecule has 0 aliphatic heterocycles. The normalized spacial score (nSPS) is 10.2. The van der Waals surface area contributed by atoms with Gasteiger partial charge in [-0.15, -0.1) is 0 Å². The quantitative estimate of drug-likeness (QED) is 0.895. The average Bonchev–Trinajstić information content (AvgIpc) is 2.42. The lowest BCUT2D eigenvalue weighted by Gasteiger charge is -2.12. The first-order valence-corrected chi connectivity index (χ1v) is 6.36. The van der Waals surface area contributed by atoms with E-state index in [2.05, 4.69) is 4.98 Å². The van der Waals surface area contributed by atoms with Crippen molar-refractivity contribution in [3.8, 4) is 22.8 Å². The smallest absolute Gasteiger partial charge is 0.161 e. The largest absolute Gasteiger partial charge is 0.490 e. The number of hydrogen-bond acceptors (Lipinski definition) is 4. The molecule has 100 valence electrons. The van der Waals surface area contributed by atoms with Crippen LogP contribution in [0.5, 0.6) is 11.5 Å². The SMILES string of the molecule is CCOc1ccc(-c2ccc(N)cn2)cc1OCC. The molecule has 0 fully saturated rings. The lowest BCUT2D eigenvalue weighted by atomic mass is 10.1. The molecule has 0 unspecified atom stereocenters. The minimum Gasteiger partial charge on any atom is -0.490 e. The Balaban J connectivity index is 2.36. The maximum Gasteiger partial charge on any atom is 0.161 e. The van der Waals surface area contributed by atoms with Crippen molar-refractivity contribution in [3.05, 3.63) is 36.5 Å². The molecule has 19 heavy (non-hydrogen) atoms. The number of anilines is 1. The maximum atomic E-state index is 5.64. The molecule has 1 aromatic heterocycles. The van der Waals surface area contributed by atoms with Crippen LogP contribution in [0.25, 0.3) is 11.3 Å². The molecule has 2 aromatic rings. The zero-order valence-electron chi connectivity index (χ0n) is 11.2. The van der Waals surface area contributed by atoms with Gasteiger partial charge in [0.25, 0.3) is 0 Å². The molecule has 0 aliphatic carbocycles. The summed E-state index contributed by atoms with van der Waals surface area (Å²) in [4.78, 5) is 4.30. The molecule has 0 spiro atoms. The molecule has 0 bridgehead atoms. The Morgan fingerprint density at radius 3 is 2.37 bits per heavy atom. The second-order valence-electron chi connectivity index (χ2n) is 4.00. The van der Waals surface area contributed by atoms with Crippen LogP contribution >= 0.6 is 0 Å². The van der Waals surface area contributed by atoms with E-state index in [9.17, 15) is 0 Å². The van der Waals surface area contributed by atoms with Crippen molar-refractivity contribution in [2.45, 2.75) is 13.8 Å². The van der Waals surface area contributed by atoms with Gasteiger partial charge in [0.1, 0.15) is 0 Å². The van der Waals surface area contributed by atoms with Crippen LogP contribution in [0.15, 0.2) is 36.5 Å². The highest BCUT2D eigenvalue weighted by atomic mass is 16.5. The lowest BCUT2D eigenvalue weighted by Crippen LogP contribution is -1.98. The highest BCUT2D eigenvalue weighted by molar-refractivity contribution is 5.64. The summed E-state index contributed by atoms with van der Waals surface area (Å²) in [5.74, 6) is 1.49. The van der Waals surface area contributed by atoms with Crippen molar-refractivity contribution in [2.75, 3.05) is 18.9 Å². The van der Waals surface area contributed by atoms with Crippen molar-refractivity contribution in [1.82, 2.24) is 4.98 Å². The second kappa shape index (κ2) is 6.09. The molecule has 4 nitrogen and oxygen atoms in total. The van der Waals surface area contributed by atoms with Crippen LogP contribution < -0.4 is 15.2 Å². The molecule has 0 saturated carbocycles. The summed E-state index contributed by atoms with van der Waals surface area (Å²) >= 11 is 0. The fourth-order valence-electron chi connectivity index (χ4n) is 1.79. The van der Waals surface area contributed by atoms with Crippen LogP contribution in [-0.4, -0.2) is 18.2 Å². The summed E-state index contributed by atoms with van der Waals surface area (Å²) in [6.07, 6.45) is 1.64. The zero-order chi connectivity index (χ0) is 13.7. The van der Waals surface area contributed by atoms with Gasteiger partial charge in [-0.3, -0.25) is 4.98 Å². The Hall–Kier alpha value is -2.23. The molecule has 0 aliphatic rings. The number of nitrogens with zero attached hydrogens (tertiary/aromatic N) is 1. The minimum absolute atomic E-state index is 0.596. The van der Waals surface area contributed by atoms with Gasteiger partial charge in [-0.1, -0.05) is 0 Å². The molecular formula is C15H18N2O2. The number of rotatable bonds is 5. The Bertz CT molecular complexity index is 538. The number of hydrogen-bond donors (Lipinski definition) is 1. The van der Waals surface area contributed by atoms with Gasteiger partial charge in [0.2, 0.25) is 0 Å². The highest BCUT2D eigenvalue weighted by Gasteiger charge is 2.08. The Morgan fingerprint density at radius 2 is 1.74 bits per heavy atom. The molecule has 1 heterocycles. The molecule has 2 rings (SSSR count). The summed E-state index contributed by atoms with van der Waals surface area (Å²) in [5.41, 5.74) is 8.13. The number of pyridine rings is 1. The fraction of sp³-hybridized carbons (Fsp3) is 0.267. The number of nitrogen functional groups attached to an aromatic ring is 1. The van der Waals surface area contributed by atoms with Gasteiger partial charge in [0, 0.05) is 5.56 Å². The monoisotopic (exact) mass is 258 g/mol. The van der Waals surface area contributed by atoms with Crippen LogP contribution in [0, 0.1) is 0 Å². The molecule has 2 N–H and O–H groups in total. The first-order chi connectivity index (χ1) is 9.24. The van der Waals surface area contributed by atoms with E-state index < -0.39 is 0 Å². The first-order valence-electron chi connectivity index (χ1n) is 6.36. The number of aromatic nitrogens is 1. The fourth-order valence-corrected chi connectivity index (χ4v) is 1.79. The average molecular weight is 258 g/mol. The van der Waals surface area contributed by atoms with Crippen molar-refractivity contribution in [2.24, 2.45) is 0 Å². The van der Waals surface area contributed by atoms with E-state index in [-0.39, 0.29) is 0 Å². The summed E-state index contributed by atoms with van der Waals surface area (Å²) in [7, 11) is 0.